The molecular formula is C16H14ClN3O3S. The van der Waals surface area contributed by atoms with Crippen LogP contribution in [0.25, 0.3) is 10.9 Å². The summed E-state index contributed by atoms with van der Waals surface area (Å²) in [5, 5.41) is 1.06. The number of carbonyl (C=O) groups is 3. The van der Waals surface area contributed by atoms with Crippen LogP contribution in [0.3, 0.4) is 0 Å². The molecule has 1 fully saturated rings. The summed E-state index contributed by atoms with van der Waals surface area (Å²) in [7, 11) is 0. The average Bonchev–Trinajstić information content (AvgIpc) is 2.78. The summed E-state index contributed by atoms with van der Waals surface area (Å²) in [4.78, 5) is 43.2. The summed E-state index contributed by atoms with van der Waals surface area (Å²) >= 11 is 7.81. The fourth-order valence-electron chi connectivity index (χ4n) is 2.54. The predicted molar refractivity (Wildman–Crippen MR) is 91.9 cm³/mol. The van der Waals surface area contributed by atoms with E-state index in [0.717, 1.165) is 25.6 Å². The second-order valence-corrected chi connectivity index (χ2v) is 6.46. The van der Waals surface area contributed by atoms with Crippen molar-refractivity contribution < 1.29 is 14.4 Å². The number of imide groups is 2. The highest BCUT2D eigenvalue weighted by atomic mass is 35.5. The minimum absolute atomic E-state index is 0.0774. The van der Waals surface area contributed by atoms with Gasteiger partial charge in [-0.2, -0.15) is 0 Å². The lowest BCUT2D eigenvalue weighted by atomic mass is 10.1. The Hall–Kier alpha value is -2.12. The number of nitrogens with zero attached hydrogens (tertiary/aromatic N) is 3. The summed E-state index contributed by atoms with van der Waals surface area (Å²) in [6.45, 7) is 1.72. The topological polar surface area (TPSA) is 70.6 Å². The van der Waals surface area contributed by atoms with Gasteiger partial charge in [-0.15, -0.1) is 11.8 Å². The van der Waals surface area contributed by atoms with Crippen molar-refractivity contribution in [1.29, 1.82) is 0 Å². The van der Waals surface area contributed by atoms with Gasteiger partial charge in [-0.05, 0) is 31.4 Å². The van der Waals surface area contributed by atoms with E-state index in [1.807, 2.05) is 24.5 Å². The lowest BCUT2D eigenvalue weighted by Gasteiger charge is -2.15. The molecule has 124 valence electrons. The number of benzene rings is 1. The Morgan fingerprint density at radius 2 is 1.83 bits per heavy atom. The van der Waals surface area contributed by atoms with Crippen molar-refractivity contribution in [1.82, 2.24) is 14.8 Å². The van der Waals surface area contributed by atoms with E-state index in [0.29, 0.717) is 5.56 Å². The van der Waals surface area contributed by atoms with Gasteiger partial charge in [-0.25, -0.2) is 9.78 Å². The van der Waals surface area contributed by atoms with Gasteiger partial charge < -0.3 is 0 Å². The first kappa shape index (κ1) is 16.7. The molecule has 0 spiro atoms. The summed E-state index contributed by atoms with van der Waals surface area (Å²) in [6, 6.07) is 6.95. The lowest BCUT2D eigenvalue weighted by molar-refractivity contribution is -0.143. The van der Waals surface area contributed by atoms with Crippen molar-refractivity contribution in [3.63, 3.8) is 0 Å². The van der Waals surface area contributed by atoms with Gasteiger partial charge in [0.2, 0.25) is 0 Å². The molecule has 24 heavy (non-hydrogen) atoms. The second kappa shape index (κ2) is 6.41. The number of hydrogen-bond acceptors (Lipinski definition) is 5. The molecule has 1 saturated heterocycles. The summed E-state index contributed by atoms with van der Waals surface area (Å²) in [6.07, 6.45) is 1.97. The number of hydrogen-bond donors (Lipinski definition) is 0. The number of fused-ring (bicyclic) bond motifs is 1. The fraction of sp³-hybridized carbons (Fsp3) is 0.250. The number of halogens is 1. The van der Waals surface area contributed by atoms with Gasteiger partial charge >= 0.3 is 17.8 Å². The van der Waals surface area contributed by atoms with E-state index >= 15 is 0 Å². The van der Waals surface area contributed by atoms with Gasteiger partial charge in [0, 0.05) is 22.4 Å². The molecule has 0 saturated carbocycles. The second-order valence-electron chi connectivity index (χ2n) is 5.22. The normalized spacial score (nSPS) is 15.0. The van der Waals surface area contributed by atoms with Gasteiger partial charge in [0.15, 0.2) is 0 Å². The molecule has 1 aliphatic heterocycles. The van der Waals surface area contributed by atoms with Crippen molar-refractivity contribution in [2.45, 2.75) is 18.4 Å². The first-order valence-corrected chi connectivity index (χ1v) is 8.87. The maximum atomic E-state index is 12.2. The minimum Gasteiger partial charge on any atom is -0.263 e. The number of likely N-dealkylation sites (N-methyl/N-ethyl adjacent to an activating group) is 1. The molecule has 2 heterocycles. The van der Waals surface area contributed by atoms with E-state index < -0.39 is 17.8 Å². The molecule has 2 aromatic rings. The molecule has 1 aliphatic rings. The maximum absolute atomic E-state index is 12.2. The molecular weight excluding hydrogens is 350 g/mol. The molecule has 0 radical (unpaired) electrons. The smallest absolute Gasteiger partial charge is 0.263 e. The van der Waals surface area contributed by atoms with Gasteiger partial charge in [0.25, 0.3) is 0 Å². The van der Waals surface area contributed by atoms with Crippen LogP contribution in [0, 0.1) is 0 Å². The number of urea groups is 1. The Labute approximate surface area is 147 Å². The average molecular weight is 364 g/mol. The first-order chi connectivity index (χ1) is 11.5. The molecule has 3 rings (SSSR count). The Morgan fingerprint density at radius 3 is 2.46 bits per heavy atom. The Kier molecular flexibility index (Phi) is 4.47. The highest BCUT2D eigenvalue weighted by molar-refractivity contribution is 7.98. The standard InChI is InChI=1S/C16H14ClN3O3S/c1-3-19-14(21)15(22)20(16(19)23)8-10-6-9-4-5-11(24-2)7-12(9)18-13(10)17/h4-7H,3,8H2,1-2H3. The van der Waals surface area contributed by atoms with Gasteiger partial charge in [-0.1, -0.05) is 17.7 Å². The monoisotopic (exact) mass is 363 g/mol. The van der Waals surface area contributed by atoms with Crippen molar-refractivity contribution in [3.05, 3.63) is 35.0 Å². The molecule has 8 heteroatoms. The minimum atomic E-state index is -0.837. The highest BCUT2D eigenvalue weighted by Crippen LogP contribution is 2.26. The van der Waals surface area contributed by atoms with Gasteiger partial charge in [0.05, 0.1) is 12.1 Å². The summed E-state index contributed by atoms with van der Waals surface area (Å²) in [5.41, 5.74) is 1.26. The largest absolute Gasteiger partial charge is 0.334 e. The Balaban J connectivity index is 1.95. The molecule has 0 N–H and O–H groups in total. The number of carbonyl (C=O) groups excluding carboxylic acids is 3. The maximum Gasteiger partial charge on any atom is 0.334 e. The fourth-order valence-corrected chi connectivity index (χ4v) is 3.18. The van der Waals surface area contributed by atoms with Gasteiger partial charge in [-0.3, -0.25) is 19.4 Å². The SMILES string of the molecule is CCN1C(=O)C(=O)N(Cc2cc3ccc(SC)cc3nc2Cl)C1=O. The van der Waals surface area contributed by atoms with Crippen LogP contribution >= 0.6 is 23.4 Å². The Bertz CT molecular complexity index is 871. The molecule has 1 aromatic heterocycles. The zero-order valence-electron chi connectivity index (χ0n) is 13.1. The Morgan fingerprint density at radius 1 is 1.12 bits per heavy atom. The van der Waals surface area contributed by atoms with Crippen LogP contribution in [0.1, 0.15) is 12.5 Å². The zero-order valence-corrected chi connectivity index (χ0v) is 14.6. The van der Waals surface area contributed by atoms with Crippen LogP contribution in [-0.4, -0.2) is 45.4 Å². The number of aromatic nitrogens is 1. The quantitative estimate of drug-likeness (QED) is 0.361. The van der Waals surface area contributed by atoms with Crippen LogP contribution in [-0.2, 0) is 16.1 Å². The van der Waals surface area contributed by atoms with Crippen LogP contribution in [0.5, 0.6) is 0 Å². The van der Waals surface area contributed by atoms with E-state index in [1.165, 1.54) is 0 Å². The molecule has 4 amide bonds. The van der Waals surface area contributed by atoms with Crippen LogP contribution in [0.15, 0.2) is 29.2 Å². The summed E-state index contributed by atoms with van der Waals surface area (Å²) in [5.74, 6) is -1.65. The van der Waals surface area contributed by atoms with Crippen molar-refractivity contribution >= 4 is 52.1 Å². The number of amides is 4. The molecule has 0 atom stereocenters. The van der Waals surface area contributed by atoms with E-state index in [1.54, 1.807) is 24.8 Å². The van der Waals surface area contributed by atoms with E-state index in [2.05, 4.69) is 4.98 Å². The molecule has 6 nitrogen and oxygen atoms in total. The molecule has 0 bridgehead atoms. The third-order valence-corrected chi connectivity index (χ3v) is 4.88. The van der Waals surface area contributed by atoms with Crippen molar-refractivity contribution in [2.75, 3.05) is 12.8 Å². The lowest BCUT2D eigenvalue weighted by Crippen LogP contribution is -2.33. The third kappa shape index (κ3) is 2.74. The summed E-state index contributed by atoms with van der Waals surface area (Å²) < 4.78 is 0. The van der Waals surface area contributed by atoms with Crippen LogP contribution in [0.2, 0.25) is 5.15 Å². The number of rotatable bonds is 4. The van der Waals surface area contributed by atoms with Crippen LogP contribution in [0.4, 0.5) is 4.79 Å². The van der Waals surface area contributed by atoms with Crippen molar-refractivity contribution in [2.24, 2.45) is 0 Å². The molecule has 0 unspecified atom stereocenters. The third-order valence-electron chi connectivity index (χ3n) is 3.83. The molecule has 1 aromatic carbocycles. The van der Waals surface area contributed by atoms with Gasteiger partial charge in [0.1, 0.15) is 5.15 Å². The zero-order chi connectivity index (χ0) is 17.4. The van der Waals surface area contributed by atoms with E-state index in [-0.39, 0.29) is 18.2 Å². The molecule has 0 aliphatic carbocycles. The van der Waals surface area contributed by atoms with Crippen molar-refractivity contribution in [3.8, 4) is 0 Å². The predicted octanol–water partition coefficient (Wildman–Crippen LogP) is 2.92. The van der Waals surface area contributed by atoms with Crippen LogP contribution < -0.4 is 0 Å². The van der Waals surface area contributed by atoms with E-state index in [9.17, 15) is 14.4 Å². The number of thioether (sulfide) groups is 1. The number of pyridine rings is 1. The van der Waals surface area contributed by atoms with E-state index in [4.69, 9.17) is 11.6 Å². The highest BCUT2D eigenvalue weighted by Gasteiger charge is 2.43. The first-order valence-electron chi connectivity index (χ1n) is 7.26.